The first-order valence-electron chi connectivity index (χ1n) is 7.96. The Hall–Kier alpha value is -1.32. The van der Waals surface area contributed by atoms with Gasteiger partial charge in [-0.15, -0.1) is 0 Å². The smallest absolute Gasteiger partial charge is 0.136 e. The normalized spacial score (nSPS) is 30.2. The van der Waals surface area contributed by atoms with Gasteiger partial charge in [0.15, 0.2) is 0 Å². The van der Waals surface area contributed by atoms with E-state index in [-0.39, 0.29) is 0 Å². The van der Waals surface area contributed by atoms with Crippen molar-refractivity contribution in [1.82, 2.24) is 9.97 Å². The molecule has 0 radical (unpaired) electrons. The summed E-state index contributed by atoms with van der Waals surface area (Å²) in [5.74, 6) is 4.55. The highest BCUT2D eigenvalue weighted by atomic mass is 15.1. The standard InChI is InChI=1S/C16H26N4/c1-9-5-4-6-13(10(9)2)18-15-11(3)14(17)19-16(20-15)12-7-8-12/h9-10,12-13H,4-8H2,1-3H3,(H3,17,18,19,20). The Kier molecular flexibility index (Phi) is 3.57. The van der Waals surface area contributed by atoms with Crippen LogP contribution in [0.1, 0.15) is 63.3 Å². The molecule has 3 rings (SSSR count). The second-order valence-corrected chi connectivity index (χ2v) is 6.73. The first kappa shape index (κ1) is 13.7. The van der Waals surface area contributed by atoms with Crippen molar-refractivity contribution in [3.8, 4) is 0 Å². The van der Waals surface area contributed by atoms with Crippen LogP contribution in [0.15, 0.2) is 0 Å². The molecule has 1 aromatic heterocycles. The van der Waals surface area contributed by atoms with Gasteiger partial charge in [-0.25, -0.2) is 9.97 Å². The summed E-state index contributed by atoms with van der Waals surface area (Å²) in [4.78, 5) is 9.20. The summed E-state index contributed by atoms with van der Waals surface area (Å²) in [6, 6.07) is 0.513. The van der Waals surface area contributed by atoms with E-state index in [0.29, 0.717) is 23.7 Å². The Morgan fingerprint density at radius 3 is 2.55 bits per heavy atom. The first-order chi connectivity index (χ1) is 9.56. The van der Waals surface area contributed by atoms with Gasteiger partial charge in [0.2, 0.25) is 0 Å². The average molecular weight is 274 g/mol. The summed E-state index contributed by atoms with van der Waals surface area (Å²) in [6.07, 6.45) is 6.29. The molecule has 2 aliphatic rings. The molecule has 0 spiro atoms. The van der Waals surface area contributed by atoms with E-state index < -0.39 is 0 Å². The third-order valence-electron chi connectivity index (χ3n) is 5.17. The van der Waals surface area contributed by atoms with Gasteiger partial charge in [0, 0.05) is 17.5 Å². The van der Waals surface area contributed by atoms with Crippen molar-refractivity contribution in [2.45, 2.75) is 64.8 Å². The van der Waals surface area contributed by atoms with Gasteiger partial charge < -0.3 is 11.1 Å². The summed E-state index contributed by atoms with van der Waals surface area (Å²) in [6.45, 7) is 6.73. The van der Waals surface area contributed by atoms with Crippen molar-refractivity contribution < 1.29 is 0 Å². The van der Waals surface area contributed by atoms with Crippen LogP contribution in [-0.4, -0.2) is 16.0 Å². The van der Waals surface area contributed by atoms with Gasteiger partial charge in [-0.2, -0.15) is 0 Å². The Labute approximate surface area is 121 Å². The van der Waals surface area contributed by atoms with E-state index in [2.05, 4.69) is 24.1 Å². The molecule has 0 aliphatic heterocycles. The van der Waals surface area contributed by atoms with Gasteiger partial charge in [-0.3, -0.25) is 0 Å². The molecule has 1 heterocycles. The minimum Gasteiger partial charge on any atom is -0.383 e. The summed E-state index contributed by atoms with van der Waals surface area (Å²) >= 11 is 0. The lowest BCUT2D eigenvalue weighted by Gasteiger charge is -2.35. The van der Waals surface area contributed by atoms with E-state index in [4.69, 9.17) is 10.7 Å². The summed E-state index contributed by atoms with van der Waals surface area (Å²) in [5, 5.41) is 3.66. The number of nitrogen functional groups attached to an aromatic ring is 1. The molecule has 3 unspecified atom stereocenters. The molecule has 4 nitrogen and oxygen atoms in total. The zero-order valence-electron chi connectivity index (χ0n) is 12.8. The predicted octanol–water partition coefficient (Wildman–Crippen LogP) is 3.48. The van der Waals surface area contributed by atoms with Crippen LogP contribution in [0, 0.1) is 18.8 Å². The highest BCUT2D eigenvalue weighted by molar-refractivity contribution is 5.55. The Morgan fingerprint density at radius 1 is 1.10 bits per heavy atom. The molecule has 20 heavy (non-hydrogen) atoms. The molecule has 4 heteroatoms. The van der Waals surface area contributed by atoms with Crippen LogP contribution in [0.4, 0.5) is 11.6 Å². The number of nitrogens with zero attached hydrogens (tertiary/aromatic N) is 2. The fraction of sp³-hybridized carbons (Fsp3) is 0.750. The lowest BCUT2D eigenvalue weighted by Crippen LogP contribution is -2.35. The largest absolute Gasteiger partial charge is 0.383 e. The fourth-order valence-corrected chi connectivity index (χ4v) is 3.18. The molecule has 0 saturated heterocycles. The lowest BCUT2D eigenvalue weighted by molar-refractivity contribution is 0.253. The van der Waals surface area contributed by atoms with E-state index in [9.17, 15) is 0 Å². The maximum Gasteiger partial charge on any atom is 0.136 e. The van der Waals surface area contributed by atoms with E-state index >= 15 is 0 Å². The van der Waals surface area contributed by atoms with E-state index in [1.54, 1.807) is 0 Å². The number of anilines is 2. The number of hydrogen-bond acceptors (Lipinski definition) is 4. The molecule has 1 aromatic rings. The number of rotatable bonds is 3. The van der Waals surface area contributed by atoms with E-state index in [1.165, 1.54) is 32.1 Å². The van der Waals surface area contributed by atoms with Gasteiger partial charge in [-0.1, -0.05) is 26.7 Å². The van der Waals surface area contributed by atoms with Crippen molar-refractivity contribution in [3.63, 3.8) is 0 Å². The molecule has 3 atom stereocenters. The van der Waals surface area contributed by atoms with Crippen LogP contribution < -0.4 is 11.1 Å². The Morgan fingerprint density at radius 2 is 1.85 bits per heavy atom. The molecule has 2 aliphatic carbocycles. The molecule has 2 fully saturated rings. The molecule has 0 amide bonds. The second kappa shape index (κ2) is 5.23. The highest BCUT2D eigenvalue weighted by Gasteiger charge is 2.30. The minimum atomic E-state index is 0.513. The topological polar surface area (TPSA) is 63.8 Å². The molecule has 2 saturated carbocycles. The van der Waals surface area contributed by atoms with E-state index in [1.807, 2.05) is 6.92 Å². The summed E-state index contributed by atoms with van der Waals surface area (Å²) in [5.41, 5.74) is 7.06. The molecule has 0 bridgehead atoms. The van der Waals surface area contributed by atoms with Crippen LogP contribution in [0.2, 0.25) is 0 Å². The summed E-state index contributed by atoms with van der Waals surface area (Å²) in [7, 11) is 0. The number of hydrogen-bond donors (Lipinski definition) is 2. The van der Waals surface area contributed by atoms with Crippen LogP contribution in [0.25, 0.3) is 0 Å². The monoisotopic (exact) mass is 274 g/mol. The molecule has 110 valence electrons. The van der Waals surface area contributed by atoms with Gasteiger partial charge >= 0.3 is 0 Å². The summed E-state index contributed by atoms with van der Waals surface area (Å²) < 4.78 is 0. The van der Waals surface area contributed by atoms with Gasteiger partial charge in [0.1, 0.15) is 17.5 Å². The quantitative estimate of drug-likeness (QED) is 0.885. The van der Waals surface area contributed by atoms with Crippen molar-refractivity contribution in [3.05, 3.63) is 11.4 Å². The third-order valence-corrected chi connectivity index (χ3v) is 5.17. The van der Waals surface area contributed by atoms with Crippen molar-refractivity contribution in [1.29, 1.82) is 0 Å². The average Bonchev–Trinajstić information content (AvgIpc) is 3.24. The lowest BCUT2D eigenvalue weighted by atomic mass is 9.78. The Balaban J connectivity index is 1.82. The van der Waals surface area contributed by atoms with Gasteiger partial charge in [0.05, 0.1) is 0 Å². The highest BCUT2D eigenvalue weighted by Crippen LogP contribution is 2.39. The number of nitrogens with one attached hydrogen (secondary N) is 1. The molecule has 3 N–H and O–H groups in total. The second-order valence-electron chi connectivity index (χ2n) is 6.73. The Bertz CT molecular complexity index is 495. The van der Waals surface area contributed by atoms with Gasteiger partial charge in [-0.05, 0) is 38.0 Å². The predicted molar refractivity (Wildman–Crippen MR) is 82.7 cm³/mol. The van der Waals surface area contributed by atoms with Crippen molar-refractivity contribution in [2.75, 3.05) is 11.1 Å². The first-order valence-corrected chi connectivity index (χ1v) is 7.96. The van der Waals surface area contributed by atoms with Crippen LogP contribution in [0.3, 0.4) is 0 Å². The van der Waals surface area contributed by atoms with Crippen molar-refractivity contribution in [2.24, 2.45) is 11.8 Å². The minimum absolute atomic E-state index is 0.513. The maximum atomic E-state index is 6.06. The fourth-order valence-electron chi connectivity index (χ4n) is 3.18. The zero-order chi connectivity index (χ0) is 14.3. The third kappa shape index (κ3) is 2.60. The van der Waals surface area contributed by atoms with E-state index in [0.717, 1.165) is 23.1 Å². The maximum absolute atomic E-state index is 6.06. The SMILES string of the molecule is Cc1c(N)nc(C2CC2)nc1NC1CCCC(C)C1C. The van der Waals surface area contributed by atoms with Crippen LogP contribution in [-0.2, 0) is 0 Å². The van der Waals surface area contributed by atoms with Crippen LogP contribution in [0.5, 0.6) is 0 Å². The van der Waals surface area contributed by atoms with Crippen molar-refractivity contribution >= 4 is 11.6 Å². The zero-order valence-corrected chi connectivity index (χ0v) is 12.8. The molecule has 0 aromatic carbocycles. The molecular weight excluding hydrogens is 248 g/mol. The van der Waals surface area contributed by atoms with Crippen LogP contribution >= 0.6 is 0 Å². The number of nitrogens with two attached hydrogens (primary N) is 1. The number of aromatic nitrogens is 2. The van der Waals surface area contributed by atoms with Gasteiger partial charge in [0.25, 0.3) is 0 Å². The molecular formula is C16H26N4.